The van der Waals surface area contributed by atoms with Gasteiger partial charge in [-0.25, -0.2) is 14.6 Å². The number of aromatic nitrogens is 1. The van der Waals surface area contributed by atoms with Crippen LogP contribution in [0.4, 0.5) is 0 Å². The third-order valence-electron chi connectivity index (χ3n) is 7.90. The molecule has 0 saturated carbocycles. The van der Waals surface area contributed by atoms with E-state index >= 15 is 0 Å². The normalized spacial score (nSPS) is 13.6. The molecule has 4 aromatic carbocycles. The summed E-state index contributed by atoms with van der Waals surface area (Å²) in [5.74, 6) is -0.747. The van der Waals surface area contributed by atoms with Crippen molar-refractivity contribution in [1.82, 2.24) is 4.98 Å². The zero-order valence-corrected chi connectivity index (χ0v) is 28.5. The van der Waals surface area contributed by atoms with Crippen LogP contribution in [0.15, 0.2) is 115 Å². The molecule has 9 heteroatoms. The van der Waals surface area contributed by atoms with Gasteiger partial charge in [-0.2, -0.15) is 0 Å². The predicted molar refractivity (Wildman–Crippen MR) is 190 cm³/mol. The van der Waals surface area contributed by atoms with E-state index in [0.717, 1.165) is 33.4 Å². The van der Waals surface area contributed by atoms with Crippen LogP contribution in [0.2, 0.25) is 0 Å². The van der Waals surface area contributed by atoms with E-state index < -0.39 is 24.1 Å². The Morgan fingerprint density at radius 3 is 1.16 bits per heavy atom. The Balaban J connectivity index is 1.15. The van der Waals surface area contributed by atoms with Crippen LogP contribution in [0, 0.1) is 0 Å². The highest BCUT2D eigenvalue weighted by atomic mass is 16.5. The molecule has 0 fully saturated rings. The van der Waals surface area contributed by atoms with Crippen molar-refractivity contribution in [2.45, 2.75) is 52.1 Å². The van der Waals surface area contributed by atoms with E-state index in [1.807, 2.05) is 86.6 Å². The molecule has 50 heavy (non-hydrogen) atoms. The molecular formula is C41H41NO8. The topological polar surface area (TPSA) is 124 Å². The number of nitrogens with zero attached hydrogens (tertiary/aromatic N) is 1. The number of rotatable bonds is 14. The Morgan fingerprint density at radius 2 is 0.840 bits per heavy atom. The lowest BCUT2D eigenvalue weighted by atomic mass is 10.0. The molecule has 258 valence electrons. The molecule has 2 N–H and O–H groups in total. The fourth-order valence-corrected chi connectivity index (χ4v) is 5.06. The van der Waals surface area contributed by atoms with Gasteiger partial charge in [-0.05, 0) is 97.5 Å². The van der Waals surface area contributed by atoms with Gasteiger partial charge in [-0.15, -0.1) is 0 Å². The lowest BCUT2D eigenvalue weighted by molar-refractivity contribution is 0.00449. The van der Waals surface area contributed by atoms with Crippen molar-refractivity contribution in [3.05, 3.63) is 138 Å². The number of hydrogen-bond donors (Lipinski definition) is 2. The Labute approximate surface area is 292 Å². The largest absolute Gasteiger partial charge is 0.422 e. The summed E-state index contributed by atoms with van der Waals surface area (Å²) in [5, 5.41) is 18.9. The Kier molecular flexibility index (Phi) is 12.2. The van der Waals surface area contributed by atoms with Gasteiger partial charge in [-0.3, -0.25) is 0 Å². The summed E-state index contributed by atoms with van der Waals surface area (Å²) in [5.41, 5.74) is 5.78. The molecular weight excluding hydrogens is 634 g/mol. The first-order valence-electron chi connectivity index (χ1n) is 16.5. The highest BCUT2D eigenvalue weighted by Crippen LogP contribution is 2.27. The van der Waals surface area contributed by atoms with E-state index in [1.165, 1.54) is 12.1 Å². The summed E-state index contributed by atoms with van der Waals surface area (Å²) in [7, 11) is 0. The third-order valence-corrected chi connectivity index (χ3v) is 7.90. The van der Waals surface area contributed by atoms with Gasteiger partial charge in [0, 0.05) is 0 Å². The maximum absolute atomic E-state index is 12.9. The van der Waals surface area contributed by atoms with Gasteiger partial charge in [0.15, 0.2) is 0 Å². The number of hydrogen-bond acceptors (Lipinski definition) is 9. The predicted octanol–water partition coefficient (Wildman–Crippen LogP) is 7.77. The van der Waals surface area contributed by atoms with Gasteiger partial charge in [0.25, 0.3) is 0 Å². The minimum Gasteiger partial charge on any atom is -0.422 e. The van der Waals surface area contributed by atoms with Gasteiger partial charge in [-0.1, -0.05) is 78.9 Å². The number of esters is 2. The molecule has 0 aliphatic carbocycles. The summed E-state index contributed by atoms with van der Waals surface area (Å²) in [6, 6.07) is 34.5. The van der Waals surface area contributed by atoms with Gasteiger partial charge in [0.1, 0.15) is 22.9 Å². The fraction of sp³-hybridized carbons (Fsp3) is 0.244. The fourth-order valence-electron chi connectivity index (χ4n) is 5.06. The maximum Gasteiger partial charge on any atom is 0.362 e. The van der Waals surface area contributed by atoms with E-state index in [1.54, 1.807) is 44.2 Å². The summed E-state index contributed by atoms with van der Waals surface area (Å²) < 4.78 is 22.4. The monoisotopic (exact) mass is 675 g/mol. The van der Waals surface area contributed by atoms with E-state index in [4.69, 9.17) is 18.9 Å². The summed E-state index contributed by atoms with van der Waals surface area (Å²) in [4.78, 5) is 30.0. The standard InChI is InChI=1S/C41H41NO8/c1-26(43)24-47-28(3)30-8-12-32(13-9-30)34-16-20-36(21-17-34)49-40(45)38-6-5-7-39(42-38)41(46)50-37-22-18-35(19-23-37)33-14-10-31(11-15-33)29(4)48-25-27(2)44/h5-23,26-29,43-44H,24-25H2,1-4H3. The second-order valence-corrected chi connectivity index (χ2v) is 12.1. The molecule has 9 nitrogen and oxygen atoms in total. The highest BCUT2D eigenvalue weighted by molar-refractivity contribution is 5.93. The Morgan fingerprint density at radius 1 is 0.520 bits per heavy atom. The summed E-state index contributed by atoms with van der Waals surface area (Å²) >= 11 is 0. The van der Waals surface area contributed by atoms with E-state index in [0.29, 0.717) is 11.5 Å². The first-order valence-corrected chi connectivity index (χ1v) is 16.5. The lowest BCUT2D eigenvalue weighted by Crippen LogP contribution is -2.15. The molecule has 1 heterocycles. The van der Waals surface area contributed by atoms with Crippen LogP contribution in [0.1, 0.15) is 72.0 Å². The van der Waals surface area contributed by atoms with Crippen molar-refractivity contribution in [2.75, 3.05) is 13.2 Å². The number of aliphatic hydroxyl groups is 2. The van der Waals surface area contributed by atoms with E-state index in [2.05, 4.69) is 4.98 Å². The molecule has 4 unspecified atom stereocenters. The van der Waals surface area contributed by atoms with E-state index in [-0.39, 0.29) is 36.8 Å². The second kappa shape index (κ2) is 17.0. The van der Waals surface area contributed by atoms with Crippen LogP contribution >= 0.6 is 0 Å². The molecule has 5 rings (SSSR count). The lowest BCUT2D eigenvalue weighted by Gasteiger charge is -2.15. The molecule has 4 atom stereocenters. The number of ether oxygens (including phenoxy) is 4. The van der Waals surface area contributed by atoms with Crippen molar-refractivity contribution < 1.29 is 38.7 Å². The minimum absolute atomic E-state index is 0.0320. The van der Waals surface area contributed by atoms with Gasteiger partial charge < -0.3 is 29.2 Å². The molecule has 0 radical (unpaired) electrons. The smallest absolute Gasteiger partial charge is 0.362 e. The molecule has 1 aromatic heterocycles. The first kappa shape index (κ1) is 36.1. The quantitative estimate of drug-likeness (QED) is 0.0897. The SMILES string of the molecule is CC(O)COC(C)c1ccc(-c2ccc(OC(=O)c3cccc(C(=O)Oc4ccc(-c5ccc(C(C)OCC(C)O)cc5)cc4)n3)cc2)cc1. The number of carbonyl (C=O) groups excluding carboxylic acids is 2. The molecule has 5 aromatic rings. The molecule has 0 aliphatic rings. The zero-order valence-electron chi connectivity index (χ0n) is 28.5. The van der Waals surface area contributed by atoms with Crippen molar-refractivity contribution in [2.24, 2.45) is 0 Å². The average molecular weight is 676 g/mol. The number of pyridine rings is 1. The van der Waals surface area contributed by atoms with Crippen molar-refractivity contribution in [1.29, 1.82) is 0 Å². The number of benzene rings is 4. The van der Waals surface area contributed by atoms with Crippen molar-refractivity contribution >= 4 is 11.9 Å². The molecule has 0 spiro atoms. The molecule has 0 aliphatic heterocycles. The second-order valence-electron chi connectivity index (χ2n) is 12.1. The Hall–Kier alpha value is -5.19. The van der Waals surface area contributed by atoms with Gasteiger partial charge >= 0.3 is 11.9 Å². The summed E-state index contributed by atoms with van der Waals surface area (Å²) in [6.45, 7) is 7.79. The third kappa shape index (κ3) is 9.93. The Bertz CT molecular complexity index is 1720. The van der Waals surface area contributed by atoms with Crippen LogP contribution in [0.3, 0.4) is 0 Å². The van der Waals surface area contributed by atoms with Gasteiger partial charge in [0.2, 0.25) is 0 Å². The molecule has 0 amide bonds. The first-order chi connectivity index (χ1) is 24.0. The minimum atomic E-state index is -0.706. The van der Waals surface area contributed by atoms with Crippen molar-refractivity contribution in [3.63, 3.8) is 0 Å². The highest BCUT2D eigenvalue weighted by Gasteiger charge is 2.17. The van der Waals surface area contributed by atoms with Crippen LogP contribution < -0.4 is 9.47 Å². The van der Waals surface area contributed by atoms with Crippen LogP contribution in [0.25, 0.3) is 22.3 Å². The molecule has 0 bridgehead atoms. The average Bonchev–Trinajstić information content (AvgIpc) is 3.13. The van der Waals surface area contributed by atoms with Crippen LogP contribution in [0.5, 0.6) is 11.5 Å². The van der Waals surface area contributed by atoms with Crippen molar-refractivity contribution in [3.8, 4) is 33.8 Å². The van der Waals surface area contributed by atoms with Crippen LogP contribution in [-0.4, -0.2) is 52.6 Å². The number of carbonyl (C=O) groups is 2. The van der Waals surface area contributed by atoms with Gasteiger partial charge in [0.05, 0.1) is 37.6 Å². The number of aliphatic hydroxyl groups excluding tert-OH is 2. The van der Waals surface area contributed by atoms with E-state index in [9.17, 15) is 19.8 Å². The summed E-state index contributed by atoms with van der Waals surface area (Å²) in [6.07, 6.45) is -1.33. The molecule has 0 saturated heterocycles. The van der Waals surface area contributed by atoms with Crippen LogP contribution in [-0.2, 0) is 9.47 Å². The zero-order chi connectivity index (χ0) is 35.6. The maximum atomic E-state index is 12.9.